The molecule has 0 fully saturated rings. The number of carbonyl (C=O) groups is 1. The van der Waals surface area contributed by atoms with Gasteiger partial charge in [0.15, 0.2) is 16.6 Å². The molecule has 0 aliphatic carbocycles. The Labute approximate surface area is 205 Å². The van der Waals surface area contributed by atoms with Crippen LogP contribution in [0, 0.1) is 0 Å². The van der Waals surface area contributed by atoms with E-state index in [1.807, 2.05) is 66.0 Å². The maximum absolute atomic E-state index is 13.3. The Morgan fingerprint density at radius 3 is 2.54 bits per heavy atom. The molecule has 0 spiro atoms. The maximum Gasteiger partial charge on any atom is 0.261 e. The summed E-state index contributed by atoms with van der Waals surface area (Å²) in [6.07, 6.45) is 5.09. The minimum absolute atomic E-state index is 0.306. The van der Waals surface area contributed by atoms with Crippen LogP contribution in [-0.4, -0.2) is 39.9 Å². The number of para-hydroxylation sites is 1. The SMILES string of the molecule is COc1ccc(-c2csc(NC(=O)c3cn(-c4ccccc4)nc3-c3cccnc3)n2)cc1OC. The van der Waals surface area contributed by atoms with Crippen LogP contribution in [0.4, 0.5) is 5.13 Å². The van der Waals surface area contributed by atoms with Crippen molar-refractivity contribution < 1.29 is 14.3 Å². The van der Waals surface area contributed by atoms with Gasteiger partial charge in [0.25, 0.3) is 5.91 Å². The summed E-state index contributed by atoms with van der Waals surface area (Å²) in [7, 11) is 3.18. The fraction of sp³-hybridized carbons (Fsp3) is 0.0769. The number of pyridine rings is 1. The molecule has 0 saturated carbocycles. The normalized spacial score (nSPS) is 10.7. The van der Waals surface area contributed by atoms with Crippen molar-refractivity contribution in [2.75, 3.05) is 19.5 Å². The van der Waals surface area contributed by atoms with Gasteiger partial charge in [0.2, 0.25) is 0 Å². The second-order valence-electron chi connectivity index (χ2n) is 7.47. The lowest BCUT2D eigenvalue weighted by molar-refractivity contribution is 0.102. The summed E-state index contributed by atoms with van der Waals surface area (Å²) in [5, 5.41) is 9.95. The van der Waals surface area contributed by atoms with E-state index in [0.29, 0.717) is 27.9 Å². The highest BCUT2D eigenvalue weighted by molar-refractivity contribution is 7.14. The minimum Gasteiger partial charge on any atom is -0.493 e. The van der Waals surface area contributed by atoms with Crippen molar-refractivity contribution >= 4 is 22.4 Å². The van der Waals surface area contributed by atoms with Crippen LogP contribution in [0.1, 0.15) is 10.4 Å². The molecular weight excluding hydrogens is 462 g/mol. The molecule has 0 atom stereocenters. The molecule has 0 saturated heterocycles. The molecule has 5 aromatic rings. The molecule has 0 bridgehead atoms. The molecule has 0 unspecified atom stereocenters. The van der Waals surface area contributed by atoms with E-state index in [1.165, 1.54) is 11.3 Å². The Bertz CT molecular complexity index is 1470. The molecular formula is C26H21N5O3S. The van der Waals surface area contributed by atoms with Crippen LogP contribution in [0.3, 0.4) is 0 Å². The van der Waals surface area contributed by atoms with E-state index in [4.69, 9.17) is 9.47 Å². The van der Waals surface area contributed by atoms with Crippen molar-refractivity contribution in [2.24, 2.45) is 0 Å². The number of amides is 1. The van der Waals surface area contributed by atoms with Crippen molar-refractivity contribution in [1.29, 1.82) is 0 Å². The van der Waals surface area contributed by atoms with E-state index < -0.39 is 0 Å². The molecule has 1 N–H and O–H groups in total. The third-order valence-electron chi connectivity index (χ3n) is 5.32. The molecule has 0 aliphatic rings. The summed E-state index contributed by atoms with van der Waals surface area (Å²) < 4.78 is 12.4. The number of rotatable bonds is 7. The van der Waals surface area contributed by atoms with Crippen molar-refractivity contribution in [3.63, 3.8) is 0 Å². The van der Waals surface area contributed by atoms with E-state index in [9.17, 15) is 4.79 Å². The van der Waals surface area contributed by atoms with Crippen LogP contribution in [0.15, 0.2) is 84.6 Å². The molecule has 3 aromatic heterocycles. The molecule has 0 aliphatic heterocycles. The standard InChI is InChI=1S/C26H21N5O3S/c1-33-22-11-10-17(13-23(22)34-2)21-16-35-26(28-21)29-25(32)20-15-31(19-8-4-3-5-9-19)30-24(20)18-7-6-12-27-14-18/h3-16H,1-2H3,(H,28,29,32). The number of thiazole rings is 1. The van der Waals surface area contributed by atoms with Crippen LogP contribution in [0.2, 0.25) is 0 Å². The topological polar surface area (TPSA) is 91.2 Å². The van der Waals surface area contributed by atoms with E-state index in [1.54, 1.807) is 37.5 Å². The van der Waals surface area contributed by atoms with Crippen LogP contribution in [-0.2, 0) is 0 Å². The van der Waals surface area contributed by atoms with Crippen molar-refractivity contribution in [2.45, 2.75) is 0 Å². The average Bonchev–Trinajstić information content (AvgIpc) is 3.57. The van der Waals surface area contributed by atoms with Gasteiger partial charge >= 0.3 is 0 Å². The molecule has 2 aromatic carbocycles. The third kappa shape index (κ3) is 4.62. The van der Waals surface area contributed by atoms with Gasteiger partial charge in [0.1, 0.15) is 5.69 Å². The predicted molar refractivity (Wildman–Crippen MR) is 135 cm³/mol. The van der Waals surface area contributed by atoms with Crippen molar-refractivity contribution in [1.82, 2.24) is 19.7 Å². The monoisotopic (exact) mass is 483 g/mol. The number of methoxy groups -OCH3 is 2. The summed E-state index contributed by atoms with van der Waals surface area (Å²) in [5.41, 5.74) is 4.13. The average molecular weight is 484 g/mol. The highest BCUT2D eigenvalue weighted by Crippen LogP contribution is 2.34. The molecule has 9 heteroatoms. The number of nitrogens with one attached hydrogen (secondary N) is 1. The lowest BCUT2D eigenvalue weighted by atomic mass is 10.1. The zero-order valence-corrected chi connectivity index (χ0v) is 19.8. The van der Waals surface area contributed by atoms with Gasteiger partial charge in [-0.3, -0.25) is 15.1 Å². The van der Waals surface area contributed by atoms with Gasteiger partial charge < -0.3 is 9.47 Å². The molecule has 3 heterocycles. The number of anilines is 1. The lowest BCUT2D eigenvalue weighted by Crippen LogP contribution is -2.12. The summed E-state index contributed by atoms with van der Waals surface area (Å²) in [4.78, 5) is 22.1. The van der Waals surface area contributed by atoms with Crippen LogP contribution >= 0.6 is 11.3 Å². The molecule has 35 heavy (non-hydrogen) atoms. The number of hydrogen-bond acceptors (Lipinski definition) is 7. The van der Waals surface area contributed by atoms with E-state index in [-0.39, 0.29) is 5.91 Å². The summed E-state index contributed by atoms with van der Waals surface area (Å²) in [6, 6.07) is 18.9. The van der Waals surface area contributed by atoms with E-state index in [0.717, 1.165) is 22.5 Å². The smallest absolute Gasteiger partial charge is 0.261 e. The molecule has 5 rings (SSSR count). The molecule has 174 valence electrons. The zero-order chi connectivity index (χ0) is 24.2. The Hall–Kier alpha value is -4.50. The fourth-order valence-corrected chi connectivity index (χ4v) is 4.31. The van der Waals surface area contributed by atoms with Crippen LogP contribution in [0.5, 0.6) is 11.5 Å². The lowest BCUT2D eigenvalue weighted by Gasteiger charge is -2.08. The first-order chi connectivity index (χ1) is 17.2. The number of carbonyl (C=O) groups excluding carboxylic acids is 1. The van der Waals surface area contributed by atoms with E-state index >= 15 is 0 Å². The van der Waals surface area contributed by atoms with Crippen molar-refractivity contribution in [3.05, 3.63) is 90.2 Å². The number of hydrogen-bond donors (Lipinski definition) is 1. The Morgan fingerprint density at radius 2 is 1.80 bits per heavy atom. The molecule has 1 amide bonds. The second kappa shape index (κ2) is 9.78. The first kappa shape index (κ1) is 22.3. The fourth-order valence-electron chi connectivity index (χ4n) is 3.59. The third-order valence-corrected chi connectivity index (χ3v) is 6.08. The van der Waals surface area contributed by atoms with Gasteiger partial charge in [-0.1, -0.05) is 18.2 Å². The van der Waals surface area contributed by atoms with Gasteiger partial charge in [-0.05, 0) is 42.5 Å². The minimum atomic E-state index is -0.306. The first-order valence-corrected chi connectivity index (χ1v) is 11.6. The van der Waals surface area contributed by atoms with Gasteiger partial charge in [-0.15, -0.1) is 11.3 Å². The quantitative estimate of drug-likeness (QED) is 0.337. The Balaban J connectivity index is 1.45. The first-order valence-electron chi connectivity index (χ1n) is 10.7. The highest BCUT2D eigenvalue weighted by atomic mass is 32.1. The Morgan fingerprint density at radius 1 is 0.971 bits per heavy atom. The number of ether oxygens (including phenoxy) is 2. The van der Waals surface area contributed by atoms with Crippen LogP contribution < -0.4 is 14.8 Å². The maximum atomic E-state index is 13.3. The van der Waals surface area contributed by atoms with Gasteiger partial charge in [0, 0.05) is 35.1 Å². The second-order valence-corrected chi connectivity index (χ2v) is 8.33. The highest BCUT2D eigenvalue weighted by Gasteiger charge is 2.20. The van der Waals surface area contributed by atoms with Gasteiger partial charge in [-0.25, -0.2) is 9.67 Å². The van der Waals surface area contributed by atoms with E-state index in [2.05, 4.69) is 20.4 Å². The number of benzene rings is 2. The predicted octanol–water partition coefficient (Wildman–Crippen LogP) is 5.33. The number of aromatic nitrogens is 4. The summed E-state index contributed by atoms with van der Waals surface area (Å²) in [6.45, 7) is 0. The van der Waals surface area contributed by atoms with Gasteiger partial charge in [-0.2, -0.15) is 5.10 Å². The summed E-state index contributed by atoms with van der Waals surface area (Å²) >= 11 is 1.34. The number of nitrogens with zero attached hydrogens (tertiary/aromatic N) is 4. The molecule has 8 nitrogen and oxygen atoms in total. The van der Waals surface area contributed by atoms with Crippen LogP contribution in [0.25, 0.3) is 28.2 Å². The largest absolute Gasteiger partial charge is 0.493 e. The zero-order valence-electron chi connectivity index (χ0n) is 19.0. The van der Waals surface area contributed by atoms with Crippen molar-refractivity contribution in [3.8, 4) is 39.7 Å². The Kier molecular flexibility index (Phi) is 6.23. The molecule has 0 radical (unpaired) electrons. The summed E-state index contributed by atoms with van der Waals surface area (Å²) in [5.74, 6) is 0.940. The van der Waals surface area contributed by atoms with Gasteiger partial charge in [0.05, 0.1) is 31.2 Å².